The highest BCUT2D eigenvalue weighted by atomic mass is 16.4. The SMILES string of the molecule is CC(C)(C)NCCc1ccc(-c2ccc(O)c3c2CC(O)(CC(O)(CCO)C(CO)C(=O)CC(=O)O)CC3=O)cc1. The third kappa shape index (κ3) is 7.99. The number of phenolic OH excluding ortho intramolecular Hbond substituents is 1. The van der Waals surface area contributed by atoms with Crippen LogP contribution in [0.2, 0.25) is 0 Å². The number of carboxylic acid groups (broad SMARTS) is 1. The molecule has 2 aromatic carbocycles. The molecule has 0 heterocycles. The van der Waals surface area contributed by atoms with E-state index in [1.54, 1.807) is 6.07 Å². The average molecular weight is 572 g/mol. The number of phenols is 1. The zero-order valence-corrected chi connectivity index (χ0v) is 23.8. The number of aliphatic hydroxyl groups excluding tert-OH is 2. The van der Waals surface area contributed by atoms with E-state index in [0.29, 0.717) is 11.1 Å². The lowest BCUT2D eigenvalue weighted by Crippen LogP contribution is -2.53. The van der Waals surface area contributed by atoms with Gasteiger partial charge in [-0.3, -0.25) is 14.4 Å². The van der Waals surface area contributed by atoms with Gasteiger partial charge in [-0.15, -0.1) is 0 Å². The van der Waals surface area contributed by atoms with E-state index >= 15 is 0 Å². The Morgan fingerprint density at radius 2 is 1.71 bits per heavy atom. The standard InChI is InChI=1S/C31H41NO9/c1-29(2,3)32-12-10-19-4-6-20(7-5-19)21-8-9-24(35)28-22(21)15-30(40,16-26(28)37)18-31(41,11-13-33)23(17-34)25(36)14-27(38)39/h4-9,23,32-35,40-41H,10-18H2,1-3H3,(H,38,39). The van der Waals surface area contributed by atoms with Crippen molar-refractivity contribution in [3.05, 3.63) is 53.1 Å². The van der Waals surface area contributed by atoms with E-state index in [9.17, 15) is 39.9 Å². The predicted molar refractivity (Wildman–Crippen MR) is 152 cm³/mol. The van der Waals surface area contributed by atoms with Gasteiger partial charge in [-0.2, -0.15) is 0 Å². The molecule has 0 saturated heterocycles. The highest BCUT2D eigenvalue weighted by molar-refractivity contribution is 6.03. The number of rotatable bonds is 13. The minimum atomic E-state index is -2.19. The normalized spacial score (nSPS) is 19.3. The monoisotopic (exact) mass is 571 g/mol. The number of nitrogens with one attached hydrogen (secondary N) is 1. The molecule has 7 N–H and O–H groups in total. The van der Waals surface area contributed by atoms with Crippen molar-refractivity contribution in [2.24, 2.45) is 5.92 Å². The molecule has 2 aromatic rings. The van der Waals surface area contributed by atoms with Crippen LogP contribution < -0.4 is 5.32 Å². The van der Waals surface area contributed by atoms with Gasteiger partial charge in [0.2, 0.25) is 0 Å². The molecule has 1 aliphatic rings. The maximum atomic E-state index is 13.3. The van der Waals surface area contributed by atoms with Crippen LogP contribution in [-0.4, -0.2) is 84.7 Å². The summed E-state index contributed by atoms with van der Waals surface area (Å²) in [7, 11) is 0. The molecule has 1 aliphatic carbocycles. The molecule has 3 rings (SSSR count). The van der Waals surface area contributed by atoms with Crippen molar-refractivity contribution in [2.75, 3.05) is 19.8 Å². The zero-order chi connectivity index (χ0) is 30.6. The van der Waals surface area contributed by atoms with Crippen molar-refractivity contribution in [2.45, 2.75) is 76.0 Å². The van der Waals surface area contributed by atoms with Crippen LogP contribution in [0, 0.1) is 5.92 Å². The van der Waals surface area contributed by atoms with Gasteiger partial charge in [0.15, 0.2) is 11.6 Å². The van der Waals surface area contributed by atoms with Crippen LogP contribution in [0.15, 0.2) is 36.4 Å². The van der Waals surface area contributed by atoms with Crippen LogP contribution in [0.4, 0.5) is 0 Å². The quantitative estimate of drug-likeness (QED) is 0.175. The smallest absolute Gasteiger partial charge is 0.310 e. The average Bonchev–Trinajstić information content (AvgIpc) is 2.83. The molecular weight excluding hydrogens is 530 g/mol. The molecule has 3 atom stereocenters. The molecule has 3 unspecified atom stereocenters. The van der Waals surface area contributed by atoms with Gasteiger partial charge in [-0.05, 0) is 62.1 Å². The number of aliphatic hydroxyl groups is 4. The number of carboxylic acids is 1. The fourth-order valence-corrected chi connectivity index (χ4v) is 5.73. The largest absolute Gasteiger partial charge is 0.507 e. The molecule has 0 amide bonds. The molecule has 0 bridgehead atoms. The minimum absolute atomic E-state index is 0.00154. The molecule has 10 nitrogen and oxygen atoms in total. The first kappa shape index (κ1) is 32.4. The Balaban J connectivity index is 1.95. The molecular formula is C31H41NO9. The van der Waals surface area contributed by atoms with Gasteiger partial charge < -0.3 is 36.0 Å². The maximum Gasteiger partial charge on any atom is 0.310 e. The predicted octanol–water partition coefficient (Wildman–Crippen LogP) is 2.01. The number of carbonyl (C=O) groups excluding carboxylic acids is 2. The summed E-state index contributed by atoms with van der Waals surface area (Å²) in [6, 6.07) is 10.8. The Bertz CT molecular complexity index is 1270. The van der Waals surface area contributed by atoms with Gasteiger partial charge in [-0.25, -0.2) is 0 Å². The van der Waals surface area contributed by atoms with Crippen LogP contribution in [0.5, 0.6) is 5.75 Å². The Morgan fingerprint density at radius 3 is 2.27 bits per heavy atom. The van der Waals surface area contributed by atoms with Crippen molar-refractivity contribution in [1.29, 1.82) is 0 Å². The number of fused-ring (bicyclic) bond motifs is 1. The molecule has 0 fully saturated rings. The van der Waals surface area contributed by atoms with E-state index in [1.807, 2.05) is 24.3 Å². The lowest BCUT2D eigenvalue weighted by Gasteiger charge is -2.42. The van der Waals surface area contributed by atoms with Gasteiger partial charge in [0.25, 0.3) is 0 Å². The van der Waals surface area contributed by atoms with Crippen molar-refractivity contribution in [3.8, 4) is 16.9 Å². The van der Waals surface area contributed by atoms with Crippen LogP contribution in [0.25, 0.3) is 11.1 Å². The van der Waals surface area contributed by atoms with Crippen LogP contribution in [0.1, 0.15) is 67.9 Å². The molecule has 0 aliphatic heterocycles. The number of hydrogen-bond donors (Lipinski definition) is 7. The number of hydrogen-bond acceptors (Lipinski definition) is 9. The van der Waals surface area contributed by atoms with Crippen LogP contribution in [0.3, 0.4) is 0 Å². The Morgan fingerprint density at radius 1 is 1.05 bits per heavy atom. The molecule has 224 valence electrons. The second kappa shape index (κ2) is 12.8. The van der Waals surface area contributed by atoms with Gasteiger partial charge in [0.1, 0.15) is 12.2 Å². The van der Waals surface area contributed by atoms with E-state index < -0.39 is 73.6 Å². The Labute approximate surface area is 239 Å². The summed E-state index contributed by atoms with van der Waals surface area (Å²) in [5.41, 5.74) is -1.21. The van der Waals surface area contributed by atoms with Gasteiger partial charge in [0, 0.05) is 37.8 Å². The Hall–Kier alpha value is -3.15. The fourth-order valence-electron chi connectivity index (χ4n) is 5.73. The summed E-state index contributed by atoms with van der Waals surface area (Å²) in [6.07, 6.45) is -1.84. The van der Waals surface area contributed by atoms with Crippen molar-refractivity contribution in [1.82, 2.24) is 5.32 Å². The summed E-state index contributed by atoms with van der Waals surface area (Å²) < 4.78 is 0. The molecule has 41 heavy (non-hydrogen) atoms. The number of aliphatic carboxylic acids is 1. The van der Waals surface area contributed by atoms with Gasteiger partial charge >= 0.3 is 5.97 Å². The van der Waals surface area contributed by atoms with Crippen LogP contribution in [-0.2, 0) is 22.4 Å². The summed E-state index contributed by atoms with van der Waals surface area (Å²) in [6.45, 7) is 5.54. The minimum Gasteiger partial charge on any atom is -0.507 e. The van der Waals surface area contributed by atoms with Crippen LogP contribution >= 0.6 is 0 Å². The molecule has 0 aromatic heterocycles. The summed E-state index contributed by atoms with van der Waals surface area (Å²) in [4.78, 5) is 37.0. The molecule has 10 heteroatoms. The second-order valence-corrected chi connectivity index (χ2v) is 12.1. The topological polar surface area (TPSA) is 185 Å². The van der Waals surface area contributed by atoms with E-state index in [4.69, 9.17) is 5.11 Å². The van der Waals surface area contributed by atoms with E-state index in [0.717, 1.165) is 24.1 Å². The first-order valence-corrected chi connectivity index (χ1v) is 13.7. The molecule has 0 radical (unpaired) electrons. The highest BCUT2D eigenvalue weighted by Gasteiger charge is 2.49. The number of Topliss-reactive ketones (excluding diaryl/α,β-unsaturated/α-hetero) is 2. The van der Waals surface area contributed by atoms with E-state index in [1.165, 1.54) is 6.07 Å². The first-order valence-electron chi connectivity index (χ1n) is 13.7. The number of carbonyl (C=O) groups is 3. The van der Waals surface area contributed by atoms with Crippen molar-refractivity contribution in [3.63, 3.8) is 0 Å². The molecule has 0 spiro atoms. The summed E-state index contributed by atoms with van der Waals surface area (Å²) in [5, 5.41) is 65.7. The number of ketones is 2. The Kier molecular flexibility index (Phi) is 10.1. The van der Waals surface area contributed by atoms with Gasteiger partial charge in [0.05, 0.1) is 29.3 Å². The number of benzene rings is 2. The first-order chi connectivity index (χ1) is 19.1. The third-order valence-corrected chi connectivity index (χ3v) is 7.62. The van der Waals surface area contributed by atoms with Gasteiger partial charge in [-0.1, -0.05) is 30.3 Å². The highest BCUT2D eigenvalue weighted by Crippen LogP contribution is 2.44. The number of aromatic hydroxyl groups is 1. The third-order valence-electron chi connectivity index (χ3n) is 7.62. The van der Waals surface area contributed by atoms with Crippen molar-refractivity contribution >= 4 is 17.5 Å². The maximum absolute atomic E-state index is 13.3. The lowest BCUT2D eigenvalue weighted by atomic mass is 9.68. The molecule has 0 saturated carbocycles. The second-order valence-electron chi connectivity index (χ2n) is 12.1. The fraction of sp³-hybridized carbons (Fsp3) is 0.516. The lowest BCUT2D eigenvalue weighted by molar-refractivity contribution is -0.151. The van der Waals surface area contributed by atoms with E-state index in [-0.39, 0.29) is 23.3 Å². The van der Waals surface area contributed by atoms with E-state index in [2.05, 4.69) is 26.1 Å². The van der Waals surface area contributed by atoms with Crippen molar-refractivity contribution < 1.29 is 45.0 Å². The summed E-state index contributed by atoms with van der Waals surface area (Å²) >= 11 is 0. The zero-order valence-electron chi connectivity index (χ0n) is 23.8. The summed E-state index contributed by atoms with van der Waals surface area (Å²) in [5.74, 6) is -4.82.